The molecule has 1 aromatic carbocycles. The summed E-state index contributed by atoms with van der Waals surface area (Å²) in [5.41, 5.74) is 0.134. The summed E-state index contributed by atoms with van der Waals surface area (Å²) in [7, 11) is -3.89. The lowest BCUT2D eigenvalue weighted by Gasteiger charge is -2.09. The number of hydrogen-bond acceptors (Lipinski definition) is 5. The van der Waals surface area contributed by atoms with Gasteiger partial charge in [0.2, 0.25) is 15.9 Å². The molecule has 2 aromatic rings. The monoisotopic (exact) mass is 281 g/mol. The lowest BCUT2D eigenvalue weighted by Crippen LogP contribution is -2.22. The summed E-state index contributed by atoms with van der Waals surface area (Å²) < 4.78 is 24.0. The van der Waals surface area contributed by atoms with Gasteiger partial charge in [0.1, 0.15) is 24.1 Å². The molecular weight excluding hydrogens is 270 g/mol. The normalized spacial score (nSPS) is 11.2. The van der Waals surface area contributed by atoms with Gasteiger partial charge in [0, 0.05) is 0 Å². The topological polar surface area (TPSA) is 120 Å². The number of primary sulfonamides is 1. The molecule has 1 amide bonds. The van der Waals surface area contributed by atoms with Crippen molar-refractivity contribution in [1.82, 2.24) is 14.8 Å². The molecule has 0 atom stereocenters. The van der Waals surface area contributed by atoms with Crippen LogP contribution in [0.15, 0.2) is 41.8 Å². The molecule has 1 heterocycles. The molecule has 0 aliphatic heterocycles. The van der Waals surface area contributed by atoms with Gasteiger partial charge in [-0.3, -0.25) is 4.79 Å². The number of aromatic nitrogens is 3. The SMILES string of the molecule is NS(=O)(=O)c1ccccc1NC(=O)Cn1cncn1. The summed E-state index contributed by atoms with van der Waals surface area (Å²) in [6.07, 6.45) is 2.68. The Morgan fingerprint density at radius 3 is 2.74 bits per heavy atom. The highest BCUT2D eigenvalue weighted by molar-refractivity contribution is 7.89. The van der Waals surface area contributed by atoms with Crippen LogP contribution >= 0.6 is 0 Å². The number of nitrogens with two attached hydrogens (primary N) is 1. The molecule has 3 N–H and O–H groups in total. The highest BCUT2D eigenvalue weighted by atomic mass is 32.2. The van der Waals surface area contributed by atoms with Crippen molar-refractivity contribution in [1.29, 1.82) is 0 Å². The van der Waals surface area contributed by atoms with Gasteiger partial charge in [0.05, 0.1) is 5.69 Å². The van der Waals surface area contributed by atoms with Crippen LogP contribution in [0.3, 0.4) is 0 Å². The average molecular weight is 281 g/mol. The van der Waals surface area contributed by atoms with Crippen molar-refractivity contribution in [2.75, 3.05) is 5.32 Å². The van der Waals surface area contributed by atoms with Crippen molar-refractivity contribution in [3.8, 4) is 0 Å². The van der Waals surface area contributed by atoms with Gasteiger partial charge in [-0.05, 0) is 12.1 Å². The maximum atomic E-state index is 11.7. The molecule has 0 aliphatic rings. The van der Waals surface area contributed by atoms with E-state index in [2.05, 4.69) is 15.4 Å². The molecule has 9 heteroatoms. The summed E-state index contributed by atoms with van der Waals surface area (Å²) in [4.78, 5) is 15.3. The first kappa shape index (κ1) is 13.2. The number of anilines is 1. The highest BCUT2D eigenvalue weighted by Crippen LogP contribution is 2.19. The maximum absolute atomic E-state index is 11.7. The van der Waals surface area contributed by atoms with E-state index in [4.69, 9.17) is 5.14 Å². The zero-order chi connectivity index (χ0) is 13.9. The van der Waals surface area contributed by atoms with Gasteiger partial charge in [0.15, 0.2) is 0 Å². The molecule has 19 heavy (non-hydrogen) atoms. The number of para-hydroxylation sites is 1. The van der Waals surface area contributed by atoms with Gasteiger partial charge in [-0.25, -0.2) is 23.2 Å². The van der Waals surface area contributed by atoms with Gasteiger partial charge < -0.3 is 5.32 Å². The van der Waals surface area contributed by atoms with Crippen LogP contribution in [0, 0.1) is 0 Å². The van der Waals surface area contributed by atoms with Crippen molar-refractivity contribution < 1.29 is 13.2 Å². The Kier molecular flexibility index (Phi) is 3.58. The Morgan fingerprint density at radius 1 is 1.37 bits per heavy atom. The van der Waals surface area contributed by atoms with Crippen LogP contribution in [-0.2, 0) is 21.4 Å². The van der Waals surface area contributed by atoms with E-state index < -0.39 is 15.9 Å². The van der Waals surface area contributed by atoms with E-state index in [-0.39, 0.29) is 17.1 Å². The summed E-state index contributed by atoms with van der Waals surface area (Å²) in [5, 5.41) is 11.3. The van der Waals surface area contributed by atoms with Crippen LogP contribution in [0.1, 0.15) is 0 Å². The third-order valence-corrected chi connectivity index (χ3v) is 3.21. The zero-order valence-corrected chi connectivity index (χ0v) is 10.5. The maximum Gasteiger partial charge on any atom is 0.246 e. The van der Waals surface area contributed by atoms with Crippen molar-refractivity contribution in [3.05, 3.63) is 36.9 Å². The Labute approximate surface area is 109 Å². The minimum atomic E-state index is -3.89. The van der Waals surface area contributed by atoms with Crippen molar-refractivity contribution in [2.45, 2.75) is 11.4 Å². The van der Waals surface area contributed by atoms with E-state index in [9.17, 15) is 13.2 Å². The Morgan fingerprint density at radius 2 is 2.11 bits per heavy atom. The lowest BCUT2D eigenvalue weighted by molar-refractivity contribution is -0.116. The minimum Gasteiger partial charge on any atom is -0.323 e. The molecule has 0 bridgehead atoms. The number of hydrogen-bond donors (Lipinski definition) is 2. The van der Waals surface area contributed by atoms with E-state index in [1.807, 2.05) is 0 Å². The molecule has 100 valence electrons. The second kappa shape index (κ2) is 5.16. The molecule has 0 saturated carbocycles. The fourth-order valence-electron chi connectivity index (χ4n) is 1.47. The van der Waals surface area contributed by atoms with Gasteiger partial charge in [-0.15, -0.1) is 0 Å². The highest BCUT2D eigenvalue weighted by Gasteiger charge is 2.15. The molecular formula is C10H11N5O3S. The molecule has 0 radical (unpaired) electrons. The predicted octanol–water partition coefficient (Wildman–Crippen LogP) is -0.436. The van der Waals surface area contributed by atoms with Gasteiger partial charge >= 0.3 is 0 Å². The fraction of sp³-hybridized carbons (Fsp3) is 0.100. The van der Waals surface area contributed by atoms with E-state index in [1.54, 1.807) is 6.07 Å². The number of rotatable bonds is 4. The quantitative estimate of drug-likeness (QED) is 0.787. The number of amides is 1. The number of nitrogens with zero attached hydrogens (tertiary/aromatic N) is 3. The van der Waals surface area contributed by atoms with Crippen molar-refractivity contribution in [2.24, 2.45) is 5.14 Å². The zero-order valence-electron chi connectivity index (χ0n) is 9.72. The summed E-state index contributed by atoms with van der Waals surface area (Å²) in [6.45, 7) is -0.0705. The van der Waals surface area contributed by atoms with Gasteiger partial charge in [-0.2, -0.15) is 5.10 Å². The number of carbonyl (C=O) groups is 1. The van der Waals surface area contributed by atoms with Crippen LogP contribution in [0.5, 0.6) is 0 Å². The smallest absolute Gasteiger partial charge is 0.246 e. The molecule has 2 rings (SSSR count). The second-order valence-corrected chi connectivity index (χ2v) is 5.21. The Balaban J connectivity index is 2.18. The van der Waals surface area contributed by atoms with Crippen molar-refractivity contribution in [3.63, 3.8) is 0 Å². The number of benzene rings is 1. The molecule has 8 nitrogen and oxygen atoms in total. The summed E-state index contributed by atoms with van der Waals surface area (Å²) in [5.74, 6) is -0.429. The molecule has 0 unspecified atom stereocenters. The van der Waals surface area contributed by atoms with Crippen LogP contribution in [0.25, 0.3) is 0 Å². The molecule has 0 aliphatic carbocycles. The molecule has 1 aromatic heterocycles. The van der Waals surface area contributed by atoms with E-state index >= 15 is 0 Å². The third kappa shape index (κ3) is 3.36. The number of carbonyl (C=O) groups excluding carboxylic acids is 1. The third-order valence-electron chi connectivity index (χ3n) is 2.24. The Bertz CT molecular complexity index is 681. The molecule has 0 saturated heterocycles. The Hall–Kier alpha value is -2.26. The van der Waals surface area contributed by atoms with E-state index in [0.29, 0.717) is 0 Å². The van der Waals surface area contributed by atoms with Crippen LogP contribution in [-0.4, -0.2) is 29.1 Å². The van der Waals surface area contributed by atoms with E-state index in [1.165, 1.54) is 35.5 Å². The second-order valence-electron chi connectivity index (χ2n) is 3.68. The summed E-state index contributed by atoms with van der Waals surface area (Å²) in [6, 6.07) is 5.89. The first-order valence-corrected chi connectivity index (χ1v) is 6.75. The van der Waals surface area contributed by atoms with Gasteiger partial charge in [-0.1, -0.05) is 12.1 Å². The fourth-order valence-corrected chi connectivity index (χ4v) is 2.16. The minimum absolute atomic E-state index is 0.0705. The number of sulfonamides is 1. The average Bonchev–Trinajstić information content (AvgIpc) is 2.81. The number of nitrogens with one attached hydrogen (secondary N) is 1. The van der Waals surface area contributed by atoms with E-state index in [0.717, 1.165) is 0 Å². The standard InChI is InChI=1S/C10H11N5O3S/c11-19(17,18)9-4-2-1-3-8(9)14-10(16)5-15-7-12-6-13-15/h1-4,6-7H,5H2,(H,14,16)(H2,11,17,18). The lowest BCUT2D eigenvalue weighted by atomic mass is 10.3. The molecule has 0 spiro atoms. The van der Waals surface area contributed by atoms with Crippen LogP contribution in [0.4, 0.5) is 5.69 Å². The first-order valence-electron chi connectivity index (χ1n) is 5.21. The largest absolute Gasteiger partial charge is 0.323 e. The van der Waals surface area contributed by atoms with Crippen LogP contribution in [0.2, 0.25) is 0 Å². The van der Waals surface area contributed by atoms with Crippen molar-refractivity contribution >= 4 is 21.6 Å². The summed E-state index contributed by atoms with van der Waals surface area (Å²) >= 11 is 0. The molecule has 0 fully saturated rings. The van der Waals surface area contributed by atoms with Crippen LogP contribution < -0.4 is 10.5 Å². The predicted molar refractivity (Wildman–Crippen MR) is 66.5 cm³/mol. The van der Waals surface area contributed by atoms with Gasteiger partial charge in [0.25, 0.3) is 0 Å². The first-order chi connectivity index (χ1) is 8.97.